The van der Waals surface area contributed by atoms with E-state index in [-0.39, 0.29) is 0 Å². The molecule has 0 fully saturated rings. The van der Waals surface area contributed by atoms with Gasteiger partial charge in [0.05, 0.1) is 0 Å². The third kappa shape index (κ3) is 1.32. The van der Waals surface area contributed by atoms with Gasteiger partial charge in [0.15, 0.2) is 0 Å². The summed E-state index contributed by atoms with van der Waals surface area (Å²) in [5, 5.41) is 8.04. The molecule has 86 valence electrons. The van der Waals surface area contributed by atoms with Crippen LogP contribution in [0.15, 0.2) is 49.1 Å². The van der Waals surface area contributed by atoms with Crippen molar-refractivity contribution in [2.45, 2.75) is 0 Å². The average Bonchev–Trinajstić information content (AvgIpc) is 2.41. The molecule has 18 heavy (non-hydrogen) atoms. The molecule has 0 bridgehead atoms. The summed E-state index contributed by atoms with van der Waals surface area (Å²) in [6, 6.07) is 12.7. The van der Waals surface area contributed by atoms with Gasteiger partial charge in [-0.15, -0.1) is 0 Å². The molecule has 0 aliphatic heterocycles. The van der Waals surface area contributed by atoms with Gasteiger partial charge in [-0.25, -0.2) is 0 Å². The van der Waals surface area contributed by atoms with Crippen molar-refractivity contribution in [2.75, 3.05) is 0 Å². The lowest BCUT2D eigenvalue weighted by molar-refractivity contribution is 1.56. The highest BCUT2D eigenvalue weighted by atomic mass is 14.1. The fraction of sp³-hybridized carbons (Fsp3) is 0. The van der Waals surface area contributed by atoms with Crippen molar-refractivity contribution in [1.82, 2.24) is 0 Å². The Morgan fingerprint density at radius 2 is 1.50 bits per heavy atom. The van der Waals surface area contributed by atoms with Crippen molar-refractivity contribution in [2.24, 2.45) is 0 Å². The Labute approximate surface area is 106 Å². The lowest BCUT2D eigenvalue weighted by Gasteiger charge is -2.07. The second kappa shape index (κ2) is 3.85. The van der Waals surface area contributed by atoms with Crippen LogP contribution in [0.3, 0.4) is 0 Å². The van der Waals surface area contributed by atoms with E-state index in [0.29, 0.717) is 0 Å². The van der Waals surface area contributed by atoms with Gasteiger partial charge in [0.1, 0.15) is 0 Å². The second-order valence-electron chi connectivity index (χ2n) is 4.48. The van der Waals surface area contributed by atoms with Gasteiger partial charge < -0.3 is 0 Å². The topological polar surface area (TPSA) is 0 Å². The second-order valence-corrected chi connectivity index (χ2v) is 4.48. The van der Waals surface area contributed by atoms with Crippen LogP contribution < -0.4 is 15.7 Å². The van der Waals surface area contributed by atoms with Crippen molar-refractivity contribution in [3.8, 4) is 0 Å². The Bertz CT molecular complexity index is 909. The van der Waals surface area contributed by atoms with E-state index in [4.69, 9.17) is 0 Å². The van der Waals surface area contributed by atoms with Crippen molar-refractivity contribution in [3.05, 3.63) is 64.7 Å². The lowest BCUT2D eigenvalue weighted by Crippen LogP contribution is -2.37. The summed E-state index contributed by atoms with van der Waals surface area (Å²) in [5.74, 6) is 0. The van der Waals surface area contributed by atoms with E-state index < -0.39 is 0 Å². The van der Waals surface area contributed by atoms with Crippen LogP contribution >= 0.6 is 0 Å². The number of allylic oxidation sites excluding steroid dienone is 1. The zero-order valence-corrected chi connectivity index (χ0v) is 10.2. The van der Waals surface area contributed by atoms with E-state index in [0.717, 1.165) is 15.7 Å². The maximum absolute atomic E-state index is 4.18. The van der Waals surface area contributed by atoms with E-state index in [2.05, 4.69) is 56.1 Å². The molecule has 3 aromatic carbocycles. The van der Waals surface area contributed by atoms with Crippen molar-refractivity contribution in [1.29, 1.82) is 0 Å². The highest BCUT2D eigenvalue weighted by Crippen LogP contribution is 2.20. The number of hydrogen-bond acceptors (Lipinski definition) is 0. The van der Waals surface area contributed by atoms with Crippen LogP contribution in [0.5, 0.6) is 0 Å². The van der Waals surface area contributed by atoms with Crippen LogP contribution in [0.2, 0.25) is 0 Å². The van der Waals surface area contributed by atoms with E-state index in [1.54, 1.807) is 6.08 Å². The SMILES string of the molecule is C=CC=c1c(=C)c(=C)c2cccc3cccc1c32. The van der Waals surface area contributed by atoms with Gasteiger partial charge in [0.25, 0.3) is 0 Å². The minimum atomic E-state index is 0.987. The van der Waals surface area contributed by atoms with Gasteiger partial charge in [-0.2, -0.15) is 0 Å². The van der Waals surface area contributed by atoms with Gasteiger partial charge in [0.2, 0.25) is 0 Å². The molecule has 0 aliphatic carbocycles. The molecule has 0 nitrogen and oxygen atoms in total. The maximum atomic E-state index is 4.18. The van der Waals surface area contributed by atoms with E-state index in [1.807, 2.05) is 6.08 Å². The first-order valence-electron chi connectivity index (χ1n) is 5.98. The van der Waals surface area contributed by atoms with Crippen LogP contribution in [0.4, 0.5) is 0 Å². The summed E-state index contributed by atoms with van der Waals surface area (Å²) in [7, 11) is 0. The molecule has 0 heterocycles. The predicted molar refractivity (Wildman–Crippen MR) is 81.6 cm³/mol. The first kappa shape index (κ1) is 10.8. The minimum absolute atomic E-state index is 0.987. The Kier molecular flexibility index (Phi) is 2.31. The molecule has 0 N–H and O–H groups in total. The predicted octanol–water partition coefficient (Wildman–Crippen LogP) is 2.50. The number of rotatable bonds is 1. The number of benzene rings is 3. The fourth-order valence-electron chi connectivity index (χ4n) is 2.61. The summed E-state index contributed by atoms with van der Waals surface area (Å²) >= 11 is 0. The Morgan fingerprint density at radius 1 is 0.833 bits per heavy atom. The molecule has 0 saturated heterocycles. The van der Waals surface area contributed by atoms with Gasteiger partial charge in [-0.05, 0) is 37.2 Å². The number of hydrogen-bond donors (Lipinski definition) is 0. The Hall–Kier alpha value is -2.34. The van der Waals surface area contributed by atoms with E-state index >= 15 is 0 Å². The molecule has 0 spiro atoms. The van der Waals surface area contributed by atoms with E-state index in [1.165, 1.54) is 21.5 Å². The molecule has 0 unspecified atom stereocenters. The zero-order valence-electron chi connectivity index (χ0n) is 10.2. The van der Waals surface area contributed by atoms with Gasteiger partial charge >= 0.3 is 0 Å². The molecular formula is C18H14. The fourth-order valence-corrected chi connectivity index (χ4v) is 2.61. The van der Waals surface area contributed by atoms with Crippen LogP contribution in [0, 0.1) is 0 Å². The third-order valence-corrected chi connectivity index (χ3v) is 3.49. The summed E-state index contributed by atoms with van der Waals surface area (Å²) < 4.78 is 0. The smallest absolute Gasteiger partial charge is 0.00266 e. The van der Waals surface area contributed by atoms with Gasteiger partial charge in [0, 0.05) is 0 Å². The van der Waals surface area contributed by atoms with Gasteiger partial charge in [-0.1, -0.05) is 68.3 Å². The largest absolute Gasteiger partial charge is 0.0990 e. The monoisotopic (exact) mass is 230 g/mol. The van der Waals surface area contributed by atoms with E-state index in [9.17, 15) is 0 Å². The molecular weight excluding hydrogens is 216 g/mol. The summed E-state index contributed by atoms with van der Waals surface area (Å²) in [5.41, 5.74) is 0. The molecule has 0 radical (unpaired) electrons. The summed E-state index contributed by atoms with van der Waals surface area (Å²) in [6.07, 6.45) is 3.82. The first-order chi connectivity index (χ1) is 8.74. The molecule has 0 amide bonds. The van der Waals surface area contributed by atoms with Crippen molar-refractivity contribution >= 4 is 40.8 Å². The average molecular weight is 230 g/mol. The lowest BCUT2D eigenvalue weighted by atomic mass is 9.96. The summed E-state index contributed by atoms with van der Waals surface area (Å²) in [4.78, 5) is 0. The molecule has 0 atom stereocenters. The Morgan fingerprint density at radius 3 is 2.17 bits per heavy atom. The maximum Gasteiger partial charge on any atom is -0.00266 e. The van der Waals surface area contributed by atoms with Gasteiger partial charge in [-0.3, -0.25) is 0 Å². The molecule has 0 aromatic heterocycles. The highest BCUT2D eigenvalue weighted by molar-refractivity contribution is 6.10. The molecule has 3 aromatic rings. The van der Waals surface area contributed by atoms with Crippen molar-refractivity contribution in [3.63, 3.8) is 0 Å². The highest BCUT2D eigenvalue weighted by Gasteiger charge is 2.04. The van der Waals surface area contributed by atoms with Crippen LogP contribution in [-0.4, -0.2) is 0 Å². The van der Waals surface area contributed by atoms with Crippen molar-refractivity contribution < 1.29 is 0 Å². The normalized spacial score (nSPS) is 12.3. The molecule has 0 aliphatic rings. The first-order valence-corrected chi connectivity index (χ1v) is 5.98. The van der Waals surface area contributed by atoms with Crippen LogP contribution in [0.1, 0.15) is 0 Å². The molecule has 3 rings (SSSR count). The molecule has 0 heteroatoms. The standard InChI is InChI=1S/C18H14/c1-4-7-15-12(2)13(3)16-10-5-8-14-9-6-11-17(15)18(14)16/h4-11H,1-3H2. The minimum Gasteiger partial charge on any atom is -0.0990 e. The summed E-state index contributed by atoms with van der Waals surface area (Å²) in [6.45, 7) is 12.1. The quantitative estimate of drug-likeness (QED) is 0.602. The Balaban J connectivity index is 2.85. The zero-order chi connectivity index (χ0) is 12.7. The van der Waals surface area contributed by atoms with Crippen LogP contribution in [0.25, 0.3) is 40.8 Å². The van der Waals surface area contributed by atoms with Crippen LogP contribution in [-0.2, 0) is 0 Å². The molecule has 0 saturated carbocycles. The third-order valence-electron chi connectivity index (χ3n) is 3.49.